The van der Waals surface area contributed by atoms with Crippen LogP contribution in [0.25, 0.3) is 0 Å². The van der Waals surface area contributed by atoms with Gasteiger partial charge in [0.15, 0.2) is 0 Å². The van der Waals surface area contributed by atoms with Crippen molar-refractivity contribution in [3.05, 3.63) is 29.8 Å². The van der Waals surface area contributed by atoms with E-state index >= 15 is 0 Å². The van der Waals surface area contributed by atoms with Crippen LogP contribution in [-0.4, -0.2) is 17.0 Å². The van der Waals surface area contributed by atoms with E-state index in [2.05, 4.69) is 5.32 Å². The van der Waals surface area contributed by atoms with E-state index < -0.39 is 12.0 Å². The molecule has 0 saturated carbocycles. The Morgan fingerprint density at radius 2 is 2.19 bits per heavy atom. The lowest BCUT2D eigenvalue weighted by Crippen LogP contribution is -2.15. The van der Waals surface area contributed by atoms with E-state index in [1.165, 1.54) is 6.92 Å². The second kappa shape index (κ2) is 5.27. The van der Waals surface area contributed by atoms with Crippen molar-refractivity contribution in [2.45, 2.75) is 19.4 Å². The summed E-state index contributed by atoms with van der Waals surface area (Å²) < 4.78 is 0. The van der Waals surface area contributed by atoms with E-state index in [9.17, 15) is 9.59 Å². The van der Waals surface area contributed by atoms with Gasteiger partial charge in [-0.1, -0.05) is 12.1 Å². The number of carboxylic acid groups (broad SMARTS) is 1. The lowest BCUT2D eigenvalue weighted by atomic mass is 10.0. The fourth-order valence-electron chi connectivity index (χ4n) is 1.36. The predicted octanol–water partition coefficient (Wildman–Crippen LogP) is 1.12. The van der Waals surface area contributed by atoms with Crippen molar-refractivity contribution in [2.24, 2.45) is 5.73 Å². The molecule has 0 aliphatic heterocycles. The fourth-order valence-corrected chi connectivity index (χ4v) is 1.36. The lowest BCUT2D eigenvalue weighted by molar-refractivity contribution is -0.137. The number of hydrogen-bond donors (Lipinski definition) is 3. The number of rotatable bonds is 4. The average Bonchev–Trinajstić information content (AvgIpc) is 2.16. The number of nitrogens with one attached hydrogen (secondary N) is 1. The SMILES string of the molecule is CC(=O)Nc1cccc(C(N)CC(=O)O)c1. The van der Waals surface area contributed by atoms with Gasteiger partial charge in [0.25, 0.3) is 0 Å². The minimum absolute atomic E-state index is 0.135. The summed E-state index contributed by atoms with van der Waals surface area (Å²) in [5, 5.41) is 11.2. The number of amides is 1. The zero-order valence-electron chi connectivity index (χ0n) is 8.93. The van der Waals surface area contributed by atoms with Crippen molar-refractivity contribution in [1.82, 2.24) is 0 Å². The predicted molar refractivity (Wildman–Crippen MR) is 59.9 cm³/mol. The molecule has 0 fully saturated rings. The zero-order chi connectivity index (χ0) is 12.1. The minimum atomic E-state index is -0.947. The molecule has 0 bridgehead atoms. The molecule has 0 heterocycles. The molecular formula is C11H14N2O3. The van der Waals surface area contributed by atoms with Crippen LogP contribution in [0.15, 0.2) is 24.3 Å². The van der Waals surface area contributed by atoms with Gasteiger partial charge < -0.3 is 16.2 Å². The average molecular weight is 222 g/mol. The van der Waals surface area contributed by atoms with Crippen LogP contribution in [0.5, 0.6) is 0 Å². The minimum Gasteiger partial charge on any atom is -0.481 e. The first-order valence-corrected chi connectivity index (χ1v) is 4.84. The molecule has 5 nitrogen and oxygen atoms in total. The Labute approximate surface area is 93.3 Å². The Morgan fingerprint density at radius 3 is 2.75 bits per heavy atom. The van der Waals surface area contributed by atoms with Gasteiger partial charge in [-0.3, -0.25) is 9.59 Å². The summed E-state index contributed by atoms with van der Waals surface area (Å²) in [6.45, 7) is 1.41. The molecule has 0 spiro atoms. The largest absolute Gasteiger partial charge is 0.481 e. The third-order valence-corrected chi connectivity index (χ3v) is 2.03. The number of anilines is 1. The fraction of sp³-hybridized carbons (Fsp3) is 0.273. The number of carbonyl (C=O) groups is 2. The van der Waals surface area contributed by atoms with Gasteiger partial charge in [-0.25, -0.2) is 0 Å². The van der Waals surface area contributed by atoms with Gasteiger partial charge in [0.1, 0.15) is 0 Å². The standard InChI is InChI=1S/C11H14N2O3/c1-7(14)13-9-4-2-3-8(5-9)10(12)6-11(15)16/h2-5,10H,6,12H2,1H3,(H,13,14)(H,15,16). The second-order valence-electron chi connectivity index (χ2n) is 3.51. The number of carboxylic acids is 1. The maximum absolute atomic E-state index is 10.8. The summed E-state index contributed by atoms with van der Waals surface area (Å²) in [6, 6.07) is 6.29. The van der Waals surface area contributed by atoms with Crippen molar-refractivity contribution in [3.63, 3.8) is 0 Å². The maximum Gasteiger partial charge on any atom is 0.305 e. The number of benzene rings is 1. The normalized spacial score (nSPS) is 11.9. The van der Waals surface area contributed by atoms with Crippen LogP contribution >= 0.6 is 0 Å². The van der Waals surface area contributed by atoms with Crippen molar-refractivity contribution in [1.29, 1.82) is 0 Å². The molecule has 16 heavy (non-hydrogen) atoms. The van der Waals surface area contributed by atoms with Gasteiger partial charge in [0, 0.05) is 18.7 Å². The summed E-state index contributed by atoms with van der Waals surface area (Å²) in [5.74, 6) is -1.12. The van der Waals surface area contributed by atoms with Crippen LogP contribution in [0.3, 0.4) is 0 Å². The van der Waals surface area contributed by atoms with Crippen LogP contribution in [0.2, 0.25) is 0 Å². The highest BCUT2D eigenvalue weighted by molar-refractivity contribution is 5.88. The Bertz CT molecular complexity index is 404. The molecule has 0 aliphatic carbocycles. The van der Waals surface area contributed by atoms with Gasteiger partial charge in [-0.2, -0.15) is 0 Å². The Balaban J connectivity index is 2.80. The summed E-state index contributed by atoms with van der Waals surface area (Å²) in [7, 11) is 0. The lowest BCUT2D eigenvalue weighted by Gasteiger charge is -2.11. The molecule has 86 valence electrons. The second-order valence-corrected chi connectivity index (χ2v) is 3.51. The van der Waals surface area contributed by atoms with Crippen LogP contribution in [0.4, 0.5) is 5.69 Å². The first-order valence-electron chi connectivity index (χ1n) is 4.84. The van der Waals surface area contributed by atoms with Gasteiger partial charge in [0.05, 0.1) is 6.42 Å². The molecule has 1 atom stereocenters. The Hall–Kier alpha value is -1.88. The van der Waals surface area contributed by atoms with Crippen LogP contribution in [0.1, 0.15) is 24.9 Å². The van der Waals surface area contributed by atoms with Gasteiger partial charge in [-0.15, -0.1) is 0 Å². The molecule has 1 amide bonds. The summed E-state index contributed by atoms with van der Waals surface area (Å²) >= 11 is 0. The Kier molecular flexibility index (Phi) is 4.02. The highest BCUT2D eigenvalue weighted by Gasteiger charge is 2.10. The van der Waals surface area contributed by atoms with Crippen molar-refractivity contribution in [3.8, 4) is 0 Å². The molecular weight excluding hydrogens is 208 g/mol. The number of aliphatic carboxylic acids is 1. The molecule has 5 heteroatoms. The van der Waals surface area contributed by atoms with Crippen LogP contribution < -0.4 is 11.1 Å². The third kappa shape index (κ3) is 3.70. The number of carbonyl (C=O) groups excluding carboxylic acids is 1. The molecule has 0 radical (unpaired) electrons. The van der Waals surface area contributed by atoms with Crippen molar-refractivity contribution < 1.29 is 14.7 Å². The van der Waals surface area contributed by atoms with E-state index in [0.717, 1.165) is 0 Å². The summed E-state index contributed by atoms with van der Waals surface area (Å²) in [5.41, 5.74) is 7.01. The van der Waals surface area contributed by atoms with E-state index in [4.69, 9.17) is 10.8 Å². The third-order valence-electron chi connectivity index (χ3n) is 2.03. The van der Waals surface area contributed by atoms with Crippen molar-refractivity contribution in [2.75, 3.05) is 5.32 Å². The number of nitrogens with two attached hydrogens (primary N) is 1. The summed E-state index contributed by atoms with van der Waals surface area (Å²) in [4.78, 5) is 21.3. The highest BCUT2D eigenvalue weighted by Crippen LogP contribution is 2.18. The van der Waals surface area contributed by atoms with Crippen molar-refractivity contribution >= 4 is 17.6 Å². The molecule has 1 rings (SSSR count). The zero-order valence-corrected chi connectivity index (χ0v) is 8.93. The highest BCUT2D eigenvalue weighted by atomic mass is 16.4. The first kappa shape index (κ1) is 12.2. The molecule has 1 aromatic carbocycles. The molecule has 1 aromatic rings. The van der Waals surface area contributed by atoms with E-state index in [1.807, 2.05) is 0 Å². The molecule has 4 N–H and O–H groups in total. The molecule has 0 aliphatic rings. The van der Waals surface area contributed by atoms with Gasteiger partial charge >= 0.3 is 5.97 Å². The number of hydrogen-bond acceptors (Lipinski definition) is 3. The van der Waals surface area contributed by atoms with Crippen LogP contribution in [-0.2, 0) is 9.59 Å². The van der Waals surface area contributed by atoms with E-state index in [1.54, 1.807) is 24.3 Å². The van der Waals surface area contributed by atoms with E-state index in [0.29, 0.717) is 11.3 Å². The monoisotopic (exact) mass is 222 g/mol. The Morgan fingerprint density at radius 1 is 1.50 bits per heavy atom. The molecule has 1 unspecified atom stereocenters. The smallest absolute Gasteiger partial charge is 0.305 e. The molecule has 0 saturated heterocycles. The topological polar surface area (TPSA) is 92.4 Å². The van der Waals surface area contributed by atoms with Gasteiger partial charge in [0.2, 0.25) is 5.91 Å². The maximum atomic E-state index is 10.8. The van der Waals surface area contributed by atoms with Gasteiger partial charge in [-0.05, 0) is 17.7 Å². The quantitative estimate of drug-likeness (QED) is 0.711. The van der Waals surface area contributed by atoms with Crippen LogP contribution in [0, 0.1) is 0 Å². The molecule has 0 aromatic heterocycles. The van der Waals surface area contributed by atoms with E-state index in [-0.39, 0.29) is 12.3 Å². The first-order chi connectivity index (χ1) is 7.49. The summed E-state index contributed by atoms with van der Waals surface area (Å²) in [6.07, 6.45) is -0.135.